The van der Waals surface area contributed by atoms with Gasteiger partial charge in [0.25, 0.3) is 0 Å². The van der Waals surface area contributed by atoms with Crippen molar-refractivity contribution >= 4 is 47.0 Å². The predicted molar refractivity (Wildman–Crippen MR) is 127 cm³/mol. The lowest BCUT2D eigenvalue weighted by molar-refractivity contribution is -0.141. The number of rotatable bonds is 11. The van der Waals surface area contributed by atoms with Gasteiger partial charge in [-0.15, -0.1) is 0 Å². The number of esters is 1. The Kier molecular flexibility index (Phi) is 10.7. The Balaban J connectivity index is 1.90. The molecule has 2 atom stereocenters. The van der Waals surface area contributed by atoms with Crippen molar-refractivity contribution in [2.24, 2.45) is 17.0 Å². The third-order valence-electron chi connectivity index (χ3n) is 4.45. The number of aliphatic hydroxyl groups excluding tert-OH is 1. The van der Waals surface area contributed by atoms with Crippen molar-refractivity contribution in [2.45, 2.75) is 25.7 Å². The molecule has 0 bridgehead atoms. The molecule has 1 N–H and O–H groups in total. The third kappa shape index (κ3) is 8.29. The molecule has 1 aliphatic rings. The maximum atomic E-state index is 12.5. The van der Waals surface area contributed by atoms with Crippen LogP contribution in [-0.2, 0) is 19.2 Å². The summed E-state index contributed by atoms with van der Waals surface area (Å²) in [6, 6.07) is 7.16. The smallest absolute Gasteiger partial charge is 0.338 e. The Labute approximate surface area is 196 Å². The number of hydrogen-bond donors (Lipinski definition) is 1. The first-order valence-corrected chi connectivity index (χ1v) is 12.1. The summed E-state index contributed by atoms with van der Waals surface area (Å²) in [5, 5.41) is 12.3. The summed E-state index contributed by atoms with van der Waals surface area (Å²) in [6.45, 7) is 5.12. The molecule has 1 aromatic rings. The number of carbonyl (C=O) groups excluding carboxylic acids is 3. The van der Waals surface area contributed by atoms with Crippen molar-refractivity contribution in [1.29, 1.82) is 0 Å². The number of Topliss-reactive ketones (excluding diaryl/α,β-unsaturated/α-hetero) is 1. The fourth-order valence-electron chi connectivity index (χ4n) is 2.84. The van der Waals surface area contributed by atoms with Crippen molar-refractivity contribution < 1.29 is 29.1 Å². The molecule has 7 nitrogen and oxygen atoms in total. The van der Waals surface area contributed by atoms with E-state index in [9.17, 15) is 14.4 Å². The summed E-state index contributed by atoms with van der Waals surface area (Å²) in [5.74, 6) is -0.266. The number of carbonyl (C=O) groups is 3. The number of hydrogen-bond acceptors (Lipinski definition) is 9. The summed E-state index contributed by atoms with van der Waals surface area (Å²) in [7, 11) is 0. The van der Waals surface area contributed by atoms with Gasteiger partial charge in [0.05, 0.1) is 12.2 Å². The van der Waals surface area contributed by atoms with Gasteiger partial charge in [0.2, 0.25) is 0 Å². The molecule has 2 unspecified atom stereocenters. The zero-order chi connectivity index (χ0) is 23.5. The van der Waals surface area contributed by atoms with Crippen LogP contribution in [0.25, 0.3) is 0 Å². The Morgan fingerprint density at radius 1 is 1.12 bits per heavy atom. The molecule has 9 heteroatoms. The lowest BCUT2D eigenvalue weighted by atomic mass is 9.85. The molecule has 0 fully saturated rings. The first-order chi connectivity index (χ1) is 15.3. The lowest BCUT2D eigenvalue weighted by Gasteiger charge is -2.21. The molecule has 0 aliphatic heterocycles. The number of benzene rings is 1. The molecular weight excluding hydrogens is 450 g/mol. The average Bonchev–Trinajstić information content (AvgIpc) is 2.77. The number of nitrogens with zero attached hydrogens (tertiary/aromatic N) is 1. The van der Waals surface area contributed by atoms with Gasteiger partial charge in [0.1, 0.15) is 12.3 Å². The first kappa shape index (κ1) is 25.9. The van der Waals surface area contributed by atoms with Gasteiger partial charge in [0.15, 0.2) is 5.78 Å². The quantitative estimate of drug-likeness (QED) is 0.168. The number of ketones is 1. The van der Waals surface area contributed by atoms with E-state index < -0.39 is 5.97 Å². The van der Waals surface area contributed by atoms with Crippen LogP contribution in [-0.4, -0.2) is 53.3 Å². The van der Waals surface area contributed by atoms with E-state index in [0.29, 0.717) is 23.7 Å². The van der Waals surface area contributed by atoms with Gasteiger partial charge in [-0.1, -0.05) is 42.1 Å². The summed E-state index contributed by atoms with van der Waals surface area (Å²) >= 11 is 3.06. The molecule has 2 rings (SSSR count). The van der Waals surface area contributed by atoms with Gasteiger partial charge in [-0.25, -0.2) is 9.59 Å². The second kappa shape index (κ2) is 13.2. The Bertz CT molecular complexity index is 908. The van der Waals surface area contributed by atoms with Crippen molar-refractivity contribution in [3.63, 3.8) is 0 Å². The second-order valence-electron chi connectivity index (χ2n) is 7.04. The molecule has 1 aromatic carbocycles. The number of ether oxygens (including phenoxy) is 1. The van der Waals surface area contributed by atoms with Crippen molar-refractivity contribution in [3.05, 3.63) is 53.0 Å². The zero-order valence-corrected chi connectivity index (χ0v) is 19.9. The molecule has 0 saturated carbocycles. The second-order valence-corrected chi connectivity index (χ2v) is 9.41. The van der Waals surface area contributed by atoms with Gasteiger partial charge in [-0.05, 0) is 37.1 Å². The van der Waals surface area contributed by atoms with Crippen LogP contribution in [0.3, 0.4) is 0 Å². The fourth-order valence-corrected chi connectivity index (χ4v) is 4.35. The SMILES string of the molecule is CC(=O)O/N=C(\C)C(=O)C1C=CC(Sc2ccc(C(=O)OCCSCCO)cc2)=CC1C. The molecule has 1 aliphatic carbocycles. The van der Waals surface area contributed by atoms with Crippen molar-refractivity contribution in [1.82, 2.24) is 0 Å². The fraction of sp³-hybridized carbons (Fsp3) is 0.391. The largest absolute Gasteiger partial charge is 0.461 e. The molecule has 0 heterocycles. The van der Waals surface area contributed by atoms with E-state index in [2.05, 4.69) is 9.99 Å². The van der Waals surface area contributed by atoms with Crippen LogP contribution >= 0.6 is 23.5 Å². The molecule has 0 aromatic heterocycles. The van der Waals surface area contributed by atoms with E-state index in [1.54, 1.807) is 12.1 Å². The third-order valence-corrected chi connectivity index (χ3v) is 6.40. The van der Waals surface area contributed by atoms with Gasteiger partial charge in [-0.2, -0.15) is 11.8 Å². The minimum atomic E-state index is -0.570. The number of aliphatic hydroxyl groups is 1. The maximum Gasteiger partial charge on any atom is 0.338 e. The number of thioether (sulfide) groups is 2. The minimum absolute atomic E-state index is 0.0459. The van der Waals surface area contributed by atoms with Crippen LogP contribution in [0.1, 0.15) is 31.1 Å². The van der Waals surface area contributed by atoms with E-state index in [1.165, 1.54) is 37.4 Å². The Morgan fingerprint density at radius 2 is 1.84 bits per heavy atom. The Morgan fingerprint density at radius 3 is 2.47 bits per heavy atom. The minimum Gasteiger partial charge on any atom is -0.461 e. The highest BCUT2D eigenvalue weighted by atomic mass is 32.2. The molecule has 0 radical (unpaired) electrons. The number of allylic oxidation sites excluding steroid dienone is 3. The van der Waals surface area contributed by atoms with E-state index >= 15 is 0 Å². The molecular formula is C23H27NO6S2. The topological polar surface area (TPSA) is 102 Å². The highest BCUT2D eigenvalue weighted by Gasteiger charge is 2.26. The van der Waals surface area contributed by atoms with Crippen LogP contribution in [0.4, 0.5) is 0 Å². The summed E-state index contributed by atoms with van der Waals surface area (Å²) < 4.78 is 5.22. The van der Waals surface area contributed by atoms with Gasteiger partial charge >= 0.3 is 11.9 Å². The molecule has 0 saturated heterocycles. The summed E-state index contributed by atoms with van der Waals surface area (Å²) in [6.07, 6.45) is 5.74. The van der Waals surface area contributed by atoms with E-state index in [0.717, 1.165) is 9.80 Å². The predicted octanol–water partition coefficient (Wildman–Crippen LogP) is 3.88. The van der Waals surface area contributed by atoms with Crippen LogP contribution in [0.5, 0.6) is 0 Å². The van der Waals surface area contributed by atoms with Gasteiger partial charge in [0, 0.05) is 34.1 Å². The molecule has 0 amide bonds. The van der Waals surface area contributed by atoms with Crippen LogP contribution in [0.15, 0.2) is 57.4 Å². The highest BCUT2D eigenvalue weighted by molar-refractivity contribution is 8.03. The lowest BCUT2D eigenvalue weighted by Crippen LogP contribution is -2.26. The van der Waals surface area contributed by atoms with E-state index in [-0.39, 0.29) is 35.9 Å². The van der Waals surface area contributed by atoms with Gasteiger partial charge in [-0.3, -0.25) is 4.79 Å². The van der Waals surface area contributed by atoms with E-state index in [1.807, 2.05) is 37.3 Å². The van der Waals surface area contributed by atoms with Gasteiger partial charge < -0.3 is 14.7 Å². The van der Waals surface area contributed by atoms with Crippen LogP contribution in [0.2, 0.25) is 0 Å². The highest BCUT2D eigenvalue weighted by Crippen LogP contribution is 2.34. The zero-order valence-electron chi connectivity index (χ0n) is 18.3. The number of oxime groups is 1. The maximum absolute atomic E-state index is 12.5. The first-order valence-electron chi connectivity index (χ1n) is 10.1. The summed E-state index contributed by atoms with van der Waals surface area (Å²) in [4.78, 5) is 42.0. The molecule has 32 heavy (non-hydrogen) atoms. The summed E-state index contributed by atoms with van der Waals surface area (Å²) in [5.41, 5.74) is 0.636. The van der Waals surface area contributed by atoms with Crippen LogP contribution < -0.4 is 0 Å². The van der Waals surface area contributed by atoms with Crippen molar-refractivity contribution in [3.8, 4) is 0 Å². The molecule has 172 valence electrons. The standard InChI is InChI=1S/C23H27NO6S2/c1-15-14-20(8-9-21(15)22(27)16(2)24-30-17(3)26)32-19-6-4-18(5-7-19)23(28)29-11-13-31-12-10-25/h4-9,14-15,21,25H,10-13H2,1-3H3/b24-16+. The monoisotopic (exact) mass is 477 g/mol. The van der Waals surface area contributed by atoms with Crippen molar-refractivity contribution in [2.75, 3.05) is 24.7 Å². The van der Waals surface area contributed by atoms with E-state index in [4.69, 9.17) is 9.84 Å². The normalized spacial score (nSPS) is 18.1. The average molecular weight is 478 g/mol. The van der Waals surface area contributed by atoms with Crippen LogP contribution in [0, 0.1) is 11.8 Å². The molecule has 0 spiro atoms. The Hall–Kier alpha value is -2.36.